The lowest BCUT2D eigenvalue weighted by molar-refractivity contribution is 0.102. The minimum absolute atomic E-state index is 0.0161. The van der Waals surface area contributed by atoms with Gasteiger partial charge in [0.25, 0.3) is 5.91 Å². The van der Waals surface area contributed by atoms with E-state index in [4.69, 9.17) is 23.2 Å². The first kappa shape index (κ1) is 21.6. The molecule has 3 aromatic rings. The average molecular weight is 481 g/mol. The van der Waals surface area contributed by atoms with Crippen molar-refractivity contribution in [3.05, 3.63) is 81.3 Å². The molecule has 1 N–H and O–H groups in total. The molecule has 0 bridgehead atoms. The van der Waals surface area contributed by atoms with Gasteiger partial charge in [0.1, 0.15) is 5.82 Å². The van der Waals surface area contributed by atoms with Gasteiger partial charge < -0.3 is 0 Å². The summed E-state index contributed by atoms with van der Waals surface area (Å²) in [5.41, 5.74) is 1.52. The van der Waals surface area contributed by atoms with Crippen LogP contribution in [0.15, 0.2) is 53.6 Å². The van der Waals surface area contributed by atoms with Gasteiger partial charge in [0.2, 0.25) is 16.0 Å². The van der Waals surface area contributed by atoms with Gasteiger partial charge in [-0.25, -0.2) is 22.8 Å². The second-order valence-electron chi connectivity index (χ2n) is 6.82. The highest BCUT2D eigenvalue weighted by Gasteiger charge is 2.29. The molecule has 0 fully saturated rings. The smallest absolute Gasteiger partial charge is 0.258 e. The Morgan fingerprint density at radius 2 is 1.77 bits per heavy atom. The van der Waals surface area contributed by atoms with Crippen molar-refractivity contribution in [2.75, 3.05) is 11.9 Å². The first-order valence-electron chi connectivity index (χ1n) is 9.10. The van der Waals surface area contributed by atoms with Crippen LogP contribution in [0, 0.1) is 5.82 Å². The number of amides is 1. The van der Waals surface area contributed by atoms with Gasteiger partial charge in [0.05, 0.1) is 10.6 Å². The summed E-state index contributed by atoms with van der Waals surface area (Å²) in [6.07, 6.45) is 1.82. The van der Waals surface area contributed by atoms with E-state index in [9.17, 15) is 17.6 Å². The Hall–Kier alpha value is -2.59. The van der Waals surface area contributed by atoms with E-state index in [1.165, 1.54) is 40.8 Å². The van der Waals surface area contributed by atoms with E-state index in [1.54, 1.807) is 0 Å². The van der Waals surface area contributed by atoms with Gasteiger partial charge >= 0.3 is 0 Å². The Bertz CT molecular complexity index is 1250. The Kier molecular flexibility index (Phi) is 5.94. The van der Waals surface area contributed by atoms with Crippen LogP contribution in [0.3, 0.4) is 0 Å². The Morgan fingerprint density at radius 1 is 1.10 bits per heavy atom. The Morgan fingerprint density at radius 3 is 2.45 bits per heavy atom. The average Bonchev–Trinajstić information content (AvgIpc) is 2.73. The van der Waals surface area contributed by atoms with Crippen LogP contribution in [-0.4, -0.2) is 35.1 Å². The largest absolute Gasteiger partial charge is 0.290 e. The molecule has 2 heterocycles. The molecular weight excluding hydrogens is 466 g/mol. The molecule has 0 saturated heterocycles. The van der Waals surface area contributed by atoms with Gasteiger partial charge in [0.15, 0.2) is 0 Å². The fraction of sp³-hybridized carbons (Fsp3) is 0.150. The van der Waals surface area contributed by atoms with Crippen LogP contribution < -0.4 is 5.32 Å². The number of benzene rings is 2. The number of anilines is 1. The third-order valence-corrected chi connectivity index (χ3v) is 7.00. The molecule has 0 unspecified atom stereocenters. The molecule has 1 aliphatic heterocycles. The van der Waals surface area contributed by atoms with Gasteiger partial charge in [-0.1, -0.05) is 23.2 Å². The molecule has 0 saturated carbocycles. The van der Waals surface area contributed by atoms with Crippen LogP contribution in [0.5, 0.6) is 0 Å². The van der Waals surface area contributed by atoms with Crippen molar-refractivity contribution in [1.82, 2.24) is 14.3 Å². The standard InChI is InChI=1S/C20H15Cl2FN4O3S/c21-14-7-12(8-15(22)9-14)19(28)26-20-24-10-13-11-27(6-5-18(13)25-20)31(29,30)17-3-1-16(23)2-4-17/h1-4,7-10H,5-6,11H2,(H,24,25,26,28). The topological polar surface area (TPSA) is 92.3 Å². The van der Waals surface area contributed by atoms with Crippen LogP contribution in [0.1, 0.15) is 21.6 Å². The summed E-state index contributed by atoms with van der Waals surface area (Å²) >= 11 is 11.9. The highest BCUT2D eigenvalue weighted by molar-refractivity contribution is 7.89. The maximum Gasteiger partial charge on any atom is 0.258 e. The lowest BCUT2D eigenvalue weighted by atomic mass is 10.1. The maximum atomic E-state index is 13.1. The van der Waals surface area contributed by atoms with Crippen LogP contribution in [0.4, 0.5) is 10.3 Å². The zero-order valence-electron chi connectivity index (χ0n) is 15.8. The summed E-state index contributed by atoms with van der Waals surface area (Å²) < 4.78 is 40.0. The highest BCUT2D eigenvalue weighted by Crippen LogP contribution is 2.25. The number of nitrogens with one attached hydrogen (secondary N) is 1. The predicted octanol–water partition coefficient (Wildman–Crippen LogP) is 3.92. The van der Waals surface area contributed by atoms with Crippen LogP contribution in [-0.2, 0) is 23.0 Å². The second kappa shape index (κ2) is 8.51. The number of sulfonamides is 1. The fourth-order valence-electron chi connectivity index (χ4n) is 3.17. The summed E-state index contributed by atoms with van der Waals surface area (Å²) in [5, 5.41) is 3.24. The van der Waals surface area contributed by atoms with Crippen molar-refractivity contribution in [3.63, 3.8) is 0 Å². The molecule has 4 rings (SSSR count). The van der Waals surface area contributed by atoms with E-state index < -0.39 is 21.7 Å². The predicted molar refractivity (Wildman–Crippen MR) is 114 cm³/mol. The van der Waals surface area contributed by atoms with E-state index in [0.29, 0.717) is 27.7 Å². The second-order valence-corrected chi connectivity index (χ2v) is 9.63. The summed E-state index contributed by atoms with van der Waals surface area (Å²) in [6.45, 7) is 0.272. The lowest BCUT2D eigenvalue weighted by Crippen LogP contribution is -2.36. The number of halogens is 3. The molecule has 7 nitrogen and oxygen atoms in total. The van der Waals surface area contributed by atoms with Crippen molar-refractivity contribution in [2.24, 2.45) is 0 Å². The molecule has 11 heteroatoms. The van der Waals surface area contributed by atoms with E-state index >= 15 is 0 Å². The molecule has 2 aromatic carbocycles. The van der Waals surface area contributed by atoms with E-state index in [-0.39, 0.29) is 29.5 Å². The highest BCUT2D eigenvalue weighted by atomic mass is 35.5. The van der Waals surface area contributed by atoms with Crippen molar-refractivity contribution in [3.8, 4) is 0 Å². The normalized spacial score (nSPS) is 14.2. The van der Waals surface area contributed by atoms with Gasteiger partial charge in [0, 0.05) is 46.9 Å². The third kappa shape index (κ3) is 4.69. The molecule has 31 heavy (non-hydrogen) atoms. The van der Waals surface area contributed by atoms with E-state index in [1.807, 2.05) is 0 Å². The monoisotopic (exact) mass is 480 g/mol. The van der Waals surface area contributed by atoms with Gasteiger partial charge in [-0.15, -0.1) is 0 Å². The summed E-state index contributed by atoms with van der Waals surface area (Å²) in [4.78, 5) is 20.9. The zero-order chi connectivity index (χ0) is 22.2. The number of carbonyl (C=O) groups excluding carboxylic acids is 1. The number of rotatable bonds is 4. The number of hydrogen-bond acceptors (Lipinski definition) is 5. The molecule has 0 atom stereocenters. The summed E-state index contributed by atoms with van der Waals surface area (Å²) in [6, 6.07) is 9.14. The molecule has 1 amide bonds. The fourth-order valence-corrected chi connectivity index (χ4v) is 5.11. The molecule has 0 aliphatic carbocycles. The van der Waals surface area contributed by atoms with Crippen molar-refractivity contribution in [2.45, 2.75) is 17.9 Å². The molecule has 0 spiro atoms. The molecular formula is C20H15Cl2FN4O3S. The minimum Gasteiger partial charge on any atom is -0.290 e. The number of fused-ring (bicyclic) bond motifs is 1. The number of carbonyl (C=O) groups is 1. The number of aromatic nitrogens is 2. The first-order valence-corrected chi connectivity index (χ1v) is 11.3. The number of hydrogen-bond donors (Lipinski definition) is 1. The molecule has 0 radical (unpaired) electrons. The Balaban J connectivity index is 1.51. The molecule has 160 valence electrons. The van der Waals surface area contributed by atoms with Crippen molar-refractivity contribution in [1.29, 1.82) is 0 Å². The molecule has 1 aliphatic rings. The van der Waals surface area contributed by atoms with Gasteiger partial charge in [-0.05, 0) is 42.5 Å². The Labute approximate surface area is 187 Å². The van der Waals surface area contributed by atoms with Gasteiger partial charge in [-0.2, -0.15) is 4.31 Å². The number of nitrogens with zero attached hydrogens (tertiary/aromatic N) is 3. The maximum absolute atomic E-state index is 13.1. The van der Waals surface area contributed by atoms with Crippen LogP contribution in [0.2, 0.25) is 10.0 Å². The van der Waals surface area contributed by atoms with E-state index in [0.717, 1.165) is 12.1 Å². The summed E-state index contributed by atoms with van der Waals surface area (Å²) in [7, 11) is -3.78. The summed E-state index contributed by atoms with van der Waals surface area (Å²) in [5.74, 6) is -0.888. The lowest BCUT2D eigenvalue weighted by Gasteiger charge is -2.27. The molecule has 1 aromatic heterocycles. The quantitative estimate of drug-likeness (QED) is 0.610. The minimum atomic E-state index is -3.78. The van der Waals surface area contributed by atoms with Crippen molar-refractivity contribution >= 4 is 45.1 Å². The third-order valence-electron chi connectivity index (χ3n) is 4.70. The SMILES string of the molecule is O=C(Nc1ncc2c(n1)CCN(S(=O)(=O)c1ccc(F)cc1)C2)c1cc(Cl)cc(Cl)c1. The first-order chi connectivity index (χ1) is 14.7. The van der Waals surface area contributed by atoms with E-state index in [2.05, 4.69) is 15.3 Å². The zero-order valence-corrected chi connectivity index (χ0v) is 18.2. The van der Waals surface area contributed by atoms with Crippen molar-refractivity contribution < 1.29 is 17.6 Å². The van der Waals surface area contributed by atoms with Gasteiger partial charge in [-0.3, -0.25) is 10.1 Å². The van der Waals surface area contributed by atoms with Crippen LogP contribution >= 0.6 is 23.2 Å². The van der Waals surface area contributed by atoms with Crippen LogP contribution in [0.25, 0.3) is 0 Å².